The highest BCUT2D eigenvalue weighted by molar-refractivity contribution is 5.33. The molecule has 0 radical (unpaired) electrons. The van der Waals surface area contributed by atoms with E-state index in [1.54, 1.807) is 0 Å². The summed E-state index contributed by atoms with van der Waals surface area (Å²) in [6.45, 7) is 0.716. The van der Waals surface area contributed by atoms with Crippen molar-refractivity contribution in [3.05, 3.63) is 89.5 Å². The highest BCUT2D eigenvalue weighted by atomic mass is 19.3. The molecule has 1 aromatic heterocycles. The number of pyridine rings is 1. The van der Waals surface area contributed by atoms with Crippen LogP contribution in [0.1, 0.15) is 18.2 Å². The van der Waals surface area contributed by atoms with Crippen LogP contribution in [0.4, 0.5) is 22.0 Å². The average Bonchev–Trinajstić information content (AvgIpc) is 2.63. The fourth-order valence-corrected chi connectivity index (χ4v) is 2.57. The van der Waals surface area contributed by atoms with Gasteiger partial charge < -0.3 is 9.84 Å². The van der Waals surface area contributed by atoms with E-state index >= 15 is 0 Å². The van der Waals surface area contributed by atoms with E-state index in [-0.39, 0.29) is 11.5 Å². The summed E-state index contributed by atoms with van der Waals surface area (Å²) < 4.78 is 74.9. The van der Waals surface area contributed by atoms with E-state index in [0.717, 1.165) is 24.4 Å². The van der Waals surface area contributed by atoms with Crippen LogP contribution >= 0.6 is 0 Å². The zero-order valence-electron chi connectivity index (χ0n) is 14.5. The Balaban J connectivity index is 1.87. The number of rotatable bonds is 5. The summed E-state index contributed by atoms with van der Waals surface area (Å²) >= 11 is 0. The molecule has 146 valence electrons. The van der Waals surface area contributed by atoms with Crippen LogP contribution in [0.5, 0.6) is 11.5 Å². The van der Waals surface area contributed by atoms with Crippen molar-refractivity contribution in [1.29, 1.82) is 0 Å². The number of aliphatic hydroxyl groups is 1. The van der Waals surface area contributed by atoms with Crippen LogP contribution in [-0.2, 0) is 11.5 Å². The SMILES string of the molecule is CC(O)(c1ccc(F)cc1F)C(F)(F)c1ccc(Oc2ccc(F)cc2)cn1. The molecule has 1 N–H and O–H groups in total. The van der Waals surface area contributed by atoms with E-state index in [1.807, 2.05) is 0 Å². The highest BCUT2D eigenvalue weighted by Gasteiger charge is 2.54. The van der Waals surface area contributed by atoms with Crippen molar-refractivity contribution in [1.82, 2.24) is 4.98 Å². The molecule has 1 unspecified atom stereocenters. The molecule has 0 amide bonds. The molecule has 0 saturated heterocycles. The van der Waals surface area contributed by atoms with E-state index in [0.29, 0.717) is 13.0 Å². The molecule has 3 aromatic rings. The molecule has 0 spiro atoms. The van der Waals surface area contributed by atoms with Crippen molar-refractivity contribution in [3.8, 4) is 11.5 Å². The van der Waals surface area contributed by atoms with Gasteiger partial charge in [0, 0.05) is 11.6 Å². The summed E-state index contributed by atoms with van der Waals surface area (Å²) in [5, 5.41) is 10.4. The van der Waals surface area contributed by atoms with Crippen LogP contribution in [-0.4, -0.2) is 10.1 Å². The molecule has 1 atom stereocenters. The molecule has 0 bridgehead atoms. The minimum atomic E-state index is -4.00. The van der Waals surface area contributed by atoms with Gasteiger partial charge in [0.05, 0.1) is 6.20 Å². The fourth-order valence-electron chi connectivity index (χ4n) is 2.57. The fraction of sp³-hybridized carbons (Fsp3) is 0.150. The van der Waals surface area contributed by atoms with Gasteiger partial charge in [-0.25, -0.2) is 13.2 Å². The van der Waals surface area contributed by atoms with Gasteiger partial charge in [0.1, 0.15) is 34.6 Å². The van der Waals surface area contributed by atoms with E-state index in [9.17, 15) is 27.1 Å². The summed E-state index contributed by atoms with van der Waals surface area (Å²) in [5.41, 5.74) is -4.60. The van der Waals surface area contributed by atoms with Crippen LogP contribution in [0.3, 0.4) is 0 Å². The highest BCUT2D eigenvalue weighted by Crippen LogP contribution is 2.45. The Hall–Kier alpha value is -3.00. The molecule has 28 heavy (non-hydrogen) atoms. The lowest BCUT2D eigenvalue weighted by atomic mass is 9.86. The third-order valence-electron chi connectivity index (χ3n) is 4.17. The standard InChI is InChI=1S/C20H14F5NO2/c1-19(27,16-8-4-13(22)10-17(16)23)20(24,25)18-9-7-15(11-26-18)28-14-5-2-12(21)3-6-14/h2-11,27H,1H3. The number of benzene rings is 2. The number of alkyl halides is 2. The van der Waals surface area contributed by atoms with Crippen LogP contribution in [0.2, 0.25) is 0 Å². The number of halogens is 5. The summed E-state index contributed by atoms with van der Waals surface area (Å²) in [7, 11) is 0. The Morgan fingerprint density at radius 2 is 1.46 bits per heavy atom. The van der Waals surface area contributed by atoms with Crippen molar-refractivity contribution >= 4 is 0 Å². The Labute approximate surface area is 157 Å². The first-order valence-corrected chi connectivity index (χ1v) is 8.07. The number of hydrogen-bond acceptors (Lipinski definition) is 3. The van der Waals surface area contributed by atoms with Crippen molar-refractivity contribution < 1.29 is 31.8 Å². The predicted molar refractivity (Wildman–Crippen MR) is 90.5 cm³/mol. The number of nitrogens with zero attached hydrogens (tertiary/aromatic N) is 1. The van der Waals surface area contributed by atoms with Gasteiger partial charge in [-0.05, 0) is 49.4 Å². The summed E-state index contributed by atoms with van der Waals surface area (Å²) in [6, 6.07) is 9.05. The normalized spacial score (nSPS) is 13.8. The molecule has 0 saturated carbocycles. The second-order valence-electron chi connectivity index (χ2n) is 6.21. The Morgan fingerprint density at radius 1 is 0.857 bits per heavy atom. The smallest absolute Gasteiger partial charge is 0.321 e. The Kier molecular flexibility index (Phi) is 5.08. The van der Waals surface area contributed by atoms with E-state index in [2.05, 4.69) is 4.98 Å². The van der Waals surface area contributed by atoms with Gasteiger partial charge in [-0.3, -0.25) is 4.98 Å². The van der Waals surface area contributed by atoms with Crippen molar-refractivity contribution in [2.75, 3.05) is 0 Å². The zero-order valence-corrected chi connectivity index (χ0v) is 14.5. The summed E-state index contributed by atoms with van der Waals surface area (Å²) in [6.07, 6.45) is 0.990. The van der Waals surface area contributed by atoms with E-state index < -0.39 is 40.2 Å². The largest absolute Gasteiger partial charge is 0.456 e. The lowest BCUT2D eigenvalue weighted by Crippen LogP contribution is -2.42. The minimum absolute atomic E-state index is 0.0961. The van der Waals surface area contributed by atoms with Crippen LogP contribution in [0.25, 0.3) is 0 Å². The van der Waals surface area contributed by atoms with Gasteiger partial charge in [-0.15, -0.1) is 0 Å². The average molecular weight is 395 g/mol. The topological polar surface area (TPSA) is 42.4 Å². The first kappa shape index (κ1) is 19.8. The first-order chi connectivity index (χ1) is 13.1. The second-order valence-corrected chi connectivity index (χ2v) is 6.21. The first-order valence-electron chi connectivity index (χ1n) is 8.07. The molecule has 0 aliphatic rings. The van der Waals surface area contributed by atoms with Gasteiger partial charge in [0.15, 0.2) is 5.60 Å². The molecular weight excluding hydrogens is 381 g/mol. The molecule has 3 nitrogen and oxygen atoms in total. The third kappa shape index (κ3) is 3.68. The molecule has 0 aliphatic heterocycles. The summed E-state index contributed by atoms with van der Waals surface area (Å²) in [5.74, 6) is -6.36. The van der Waals surface area contributed by atoms with E-state index in [4.69, 9.17) is 4.74 Å². The molecule has 0 fully saturated rings. The zero-order chi connectivity index (χ0) is 20.5. The monoisotopic (exact) mass is 395 g/mol. The maximum absolute atomic E-state index is 14.8. The molecule has 2 aromatic carbocycles. The summed E-state index contributed by atoms with van der Waals surface area (Å²) in [4.78, 5) is 3.60. The van der Waals surface area contributed by atoms with Gasteiger partial charge in [-0.2, -0.15) is 8.78 Å². The van der Waals surface area contributed by atoms with Crippen molar-refractivity contribution in [3.63, 3.8) is 0 Å². The molecular formula is C20H14F5NO2. The maximum Gasteiger partial charge on any atom is 0.321 e. The van der Waals surface area contributed by atoms with Gasteiger partial charge in [0.25, 0.3) is 0 Å². The predicted octanol–water partition coefficient (Wildman–Crippen LogP) is 5.29. The lowest BCUT2D eigenvalue weighted by Gasteiger charge is -2.32. The van der Waals surface area contributed by atoms with Crippen LogP contribution in [0, 0.1) is 17.5 Å². The van der Waals surface area contributed by atoms with Gasteiger partial charge >= 0.3 is 5.92 Å². The van der Waals surface area contributed by atoms with Crippen molar-refractivity contribution in [2.45, 2.75) is 18.4 Å². The lowest BCUT2D eigenvalue weighted by molar-refractivity contribution is -0.189. The Bertz CT molecular complexity index is 973. The van der Waals surface area contributed by atoms with Crippen molar-refractivity contribution in [2.24, 2.45) is 0 Å². The molecule has 1 heterocycles. The number of aromatic nitrogens is 1. The number of hydrogen-bond donors (Lipinski definition) is 1. The second kappa shape index (κ2) is 7.20. The van der Waals surface area contributed by atoms with Gasteiger partial charge in [-0.1, -0.05) is 6.07 Å². The number of ether oxygens (including phenoxy) is 1. The van der Waals surface area contributed by atoms with E-state index in [1.165, 1.54) is 30.3 Å². The molecule has 8 heteroatoms. The van der Waals surface area contributed by atoms with Crippen LogP contribution in [0.15, 0.2) is 60.8 Å². The third-order valence-corrected chi connectivity index (χ3v) is 4.17. The van der Waals surface area contributed by atoms with Gasteiger partial charge in [0.2, 0.25) is 0 Å². The molecule has 0 aliphatic carbocycles. The quantitative estimate of drug-likeness (QED) is 0.597. The Morgan fingerprint density at radius 3 is 2.04 bits per heavy atom. The maximum atomic E-state index is 14.8. The minimum Gasteiger partial charge on any atom is -0.456 e. The molecule has 3 rings (SSSR count). The van der Waals surface area contributed by atoms with Crippen LogP contribution < -0.4 is 4.74 Å².